The first-order valence-electron chi connectivity index (χ1n) is 14.0. The highest BCUT2D eigenvalue weighted by molar-refractivity contribution is 5.85. The molecular formula is C30H46N12O8. The molecule has 4 amide bonds. The van der Waals surface area contributed by atoms with Crippen LogP contribution in [0.25, 0.3) is 0 Å². The number of nitrogens with one attached hydrogen (secondary N) is 2. The zero-order valence-electron chi connectivity index (χ0n) is 29.7. The Labute approximate surface area is 291 Å². The van der Waals surface area contributed by atoms with Crippen LogP contribution >= 0.6 is 0 Å². The van der Waals surface area contributed by atoms with E-state index in [0.717, 1.165) is 25.6 Å². The minimum atomic E-state index is -0.0396. The molecule has 2 aromatic carbocycles. The van der Waals surface area contributed by atoms with E-state index >= 15 is 0 Å². The van der Waals surface area contributed by atoms with Crippen molar-refractivity contribution in [3.8, 4) is 23.0 Å². The summed E-state index contributed by atoms with van der Waals surface area (Å²) in [6.45, 7) is 0. The zero-order valence-corrected chi connectivity index (χ0v) is 29.7. The second-order valence-electron chi connectivity index (χ2n) is 9.86. The number of amides is 4. The molecular weight excluding hydrogens is 656 g/mol. The molecule has 0 fully saturated rings. The first-order chi connectivity index (χ1) is 23.7. The molecule has 3 aromatic rings. The van der Waals surface area contributed by atoms with Gasteiger partial charge in [-0.05, 0) is 24.3 Å². The highest BCUT2D eigenvalue weighted by Gasteiger charge is 2.06. The standard InChI is InChI=1S/C18H18N8O4.4C3H7NO/c1-29-13-7-3-5-11(15(13)27)9-19-21-17-23-25-18(26-24-17)22-20-10-12-6-4-8-14(30-2)16(12)28;4*1-4(2)3-5/h3-10,27-28H,1-2H3,(H,21,23,24)(H,22,25,26);4*3H,1-2H3/b19-9+,20-10+;;;;. The monoisotopic (exact) mass is 702 g/mol. The molecule has 50 heavy (non-hydrogen) atoms. The molecule has 4 N–H and O–H groups in total. The minimum Gasteiger partial charge on any atom is -0.504 e. The van der Waals surface area contributed by atoms with E-state index in [9.17, 15) is 29.4 Å². The number of nitrogens with zero attached hydrogens (tertiary/aromatic N) is 10. The molecule has 20 nitrogen and oxygen atoms in total. The van der Waals surface area contributed by atoms with Gasteiger partial charge in [0.1, 0.15) is 0 Å². The molecule has 0 aliphatic carbocycles. The Hall–Kier alpha value is -6.60. The first-order valence-corrected chi connectivity index (χ1v) is 14.0. The lowest BCUT2D eigenvalue weighted by molar-refractivity contribution is -0.116. The van der Waals surface area contributed by atoms with Gasteiger partial charge in [-0.2, -0.15) is 10.2 Å². The van der Waals surface area contributed by atoms with E-state index in [4.69, 9.17) is 9.47 Å². The zero-order chi connectivity index (χ0) is 38.5. The quantitative estimate of drug-likeness (QED) is 0.114. The summed E-state index contributed by atoms with van der Waals surface area (Å²) in [6, 6.07) is 10.00. The summed E-state index contributed by atoms with van der Waals surface area (Å²) in [5.41, 5.74) is 5.97. The Morgan fingerprint density at radius 3 is 1.04 bits per heavy atom. The minimum absolute atomic E-state index is 0.0357. The Balaban J connectivity index is 0. The molecule has 274 valence electrons. The number of phenols is 2. The van der Waals surface area contributed by atoms with Crippen LogP contribution in [-0.4, -0.2) is 159 Å². The van der Waals surface area contributed by atoms with Gasteiger partial charge >= 0.3 is 0 Å². The van der Waals surface area contributed by atoms with Crippen molar-refractivity contribution < 1.29 is 38.9 Å². The number of para-hydroxylation sites is 2. The number of phenolic OH excluding ortho intramolecular Hbond substituents is 2. The Morgan fingerprint density at radius 2 is 0.820 bits per heavy atom. The molecule has 0 atom stereocenters. The van der Waals surface area contributed by atoms with Gasteiger partial charge in [0.15, 0.2) is 23.0 Å². The van der Waals surface area contributed by atoms with Gasteiger partial charge < -0.3 is 39.3 Å². The number of hydrogen-bond acceptors (Lipinski definition) is 16. The second kappa shape index (κ2) is 27.5. The average molecular weight is 703 g/mol. The molecule has 0 spiro atoms. The summed E-state index contributed by atoms with van der Waals surface area (Å²) in [4.78, 5) is 43.5. The third-order valence-electron chi connectivity index (χ3n) is 4.56. The van der Waals surface area contributed by atoms with Crippen LogP contribution in [0.2, 0.25) is 0 Å². The Kier molecular flexibility index (Phi) is 25.0. The molecule has 0 radical (unpaired) electrons. The predicted octanol–water partition coefficient (Wildman–Crippen LogP) is 0.405. The number of anilines is 2. The van der Waals surface area contributed by atoms with Crippen molar-refractivity contribution >= 4 is 50.0 Å². The Morgan fingerprint density at radius 1 is 0.560 bits per heavy atom. The van der Waals surface area contributed by atoms with E-state index in [2.05, 4.69) is 41.4 Å². The van der Waals surface area contributed by atoms with Gasteiger partial charge in [0.2, 0.25) is 25.6 Å². The summed E-state index contributed by atoms with van der Waals surface area (Å²) >= 11 is 0. The van der Waals surface area contributed by atoms with E-state index in [0.29, 0.717) is 22.6 Å². The largest absolute Gasteiger partial charge is 0.504 e. The smallest absolute Gasteiger partial charge is 0.282 e. The van der Waals surface area contributed by atoms with Gasteiger partial charge in [-0.1, -0.05) is 12.1 Å². The lowest BCUT2D eigenvalue weighted by Gasteiger charge is -2.05. The molecule has 0 aliphatic heterocycles. The maximum atomic E-state index is 9.99. The highest BCUT2D eigenvalue weighted by atomic mass is 16.5. The van der Waals surface area contributed by atoms with Crippen molar-refractivity contribution in [1.82, 2.24) is 40.0 Å². The van der Waals surface area contributed by atoms with Crippen molar-refractivity contribution in [1.29, 1.82) is 0 Å². The van der Waals surface area contributed by atoms with Crippen LogP contribution in [0.3, 0.4) is 0 Å². The van der Waals surface area contributed by atoms with Crippen molar-refractivity contribution in [3.05, 3.63) is 47.5 Å². The fraction of sp³-hybridized carbons (Fsp3) is 0.333. The van der Waals surface area contributed by atoms with Crippen molar-refractivity contribution in [2.75, 3.05) is 81.5 Å². The maximum Gasteiger partial charge on any atom is 0.282 e. The lowest BCUT2D eigenvalue weighted by atomic mass is 10.2. The van der Waals surface area contributed by atoms with Gasteiger partial charge in [0.25, 0.3) is 11.9 Å². The van der Waals surface area contributed by atoms with Crippen LogP contribution in [0.4, 0.5) is 11.9 Å². The normalized spacial score (nSPS) is 9.32. The number of aromatic hydroxyl groups is 2. The molecule has 0 aliphatic rings. The number of hydrazone groups is 2. The molecule has 0 bridgehead atoms. The third kappa shape index (κ3) is 22.0. The molecule has 0 unspecified atom stereocenters. The third-order valence-corrected chi connectivity index (χ3v) is 4.56. The molecule has 20 heteroatoms. The lowest BCUT2D eigenvalue weighted by Crippen LogP contribution is -2.06. The fourth-order valence-electron chi connectivity index (χ4n) is 2.25. The van der Waals surface area contributed by atoms with E-state index in [1.54, 1.807) is 92.8 Å². The first kappa shape index (κ1) is 45.5. The summed E-state index contributed by atoms with van der Waals surface area (Å²) in [5, 5.41) is 43.0. The molecule has 1 aromatic heterocycles. The second-order valence-corrected chi connectivity index (χ2v) is 9.86. The van der Waals surface area contributed by atoms with Gasteiger partial charge in [0, 0.05) is 67.5 Å². The number of aromatic nitrogens is 4. The summed E-state index contributed by atoms with van der Waals surface area (Å²) in [6.07, 6.45) is 5.75. The van der Waals surface area contributed by atoms with Gasteiger partial charge in [-0.25, -0.2) is 10.9 Å². The maximum absolute atomic E-state index is 9.99. The van der Waals surface area contributed by atoms with Crippen molar-refractivity contribution in [2.24, 2.45) is 10.2 Å². The van der Waals surface area contributed by atoms with Gasteiger partial charge in [0.05, 0.1) is 26.6 Å². The van der Waals surface area contributed by atoms with E-state index in [1.165, 1.54) is 46.2 Å². The van der Waals surface area contributed by atoms with E-state index in [1.807, 2.05) is 0 Å². The number of carbonyl (C=O) groups is 4. The van der Waals surface area contributed by atoms with Gasteiger partial charge in [-0.3, -0.25) is 19.2 Å². The van der Waals surface area contributed by atoms with Gasteiger partial charge in [-0.15, -0.1) is 20.4 Å². The molecule has 3 rings (SSSR count). The molecule has 0 saturated carbocycles. The number of carbonyl (C=O) groups excluding carboxylic acids is 4. The van der Waals surface area contributed by atoms with E-state index in [-0.39, 0.29) is 23.4 Å². The predicted molar refractivity (Wildman–Crippen MR) is 188 cm³/mol. The number of methoxy groups -OCH3 is 2. The van der Waals surface area contributed by atoms with E-state index < -0.39 is 0 Å². The van der Waals surface area contributed by atoms with Crippen LogP contribution in [0, 0.1) is 0 Å². The fourth-order valence-corrected chi connectivity index (χ4v) is 2.25. The van der Waals surface area contributed by atoms with Crippen LogP contribution in [0.1, 0.15) is 11.1 Å². The number of hydrogen-bond donors (Lipinski definition) is 4. The van der Waals surface area contributed by atoms with Crippen molar-refractivity contribution in [2.45, 2.75) is 0 Å². The summed E-state index contributed by atoms with van der Waals surface area (Å²) in [7, 11) is 16.4. The highest BCUT2D eigenvalue weighted by Crippen LogP contribution is 2.28. The van der Waals surface area contributed by atoms with Crippen LogP contribution in [0.15, 0.2) is 46.6 Å². The number of benzene rings is 2. The van der Waals surface area contributed by atoms with Crippen LogP contribution < -0.4 is 20.3 Å². The van der Waals surface area contributed by atoms with Crippen LogP contribution in [0.5, 0.6) is 23.0 Å². The topological polar surface area (TPSA) is 240 Å². The summed E-state index contributed by atoms with van der Waals surface area (Å²) < 4.78 is 10.1. The van der Waals surface area contributed by atoms with Crippen LogP contribution in [-0.2, 0) is 19.2 Å². The Bertz CT molecular complexity index is 1320. The molecule has 1 heterocycles. The number of ether oxygens (including phenoxy) is 2. The number of rotatable bonds is 12. The molecule has 0 saturated heterocycles. The SMILES string of the molecule is CN(C)C=O.CN(C)C=O.CN(C)C=O.CN(C)C=O.COc1cccc(/C=N/Nc2nnc(N/N=C/c3cccc(OC)c3O)nn2)c1O. The summed E-state index contributed by atoms with van der Waals surface area (Å²) in [5.74, 6) is 0.653. The average Bonchev–Trinajstić information content (AvgIpc) is 3.11. The van der Waals surface area contributed by atoms with Crippen molar-refractivity contribution in [3.63, 3.8) is 0 Å².